The molecular formula is C14H14ClIN2O2. The molecule has 0 unspecified atom stereocenters. The van der Waals surface area contributed by atoms with Crippen molar-refractivity contribution in [2.24, 2.45) is 0 Å². The molecule has 20 heavy (non-hydrogen) atoms. The van der Waals surface area contributed by atoms with Crippen LogP contribution in [0.5, 0.6) is 11.5 Å². The lowest BCUT2D eigenvalue weighted by Gasteiger charge is -2.09. The minimum absolute atomic E-state index is 0.0849. The number of benzene rings is 1. The number of rotatable bonds is 4. The number of nitrogens with zero attached hydrogens (tertiary/aromatic N) is 2. The average Bonchev–Trinajstić information content (AvgIpc) is 2.44. The number of methoxy groups -OCH3 is 1. The molecule has 1 aromatic carbocycles. The molecule has 0 bridgehead atoms. The van der Waals surface area contributed by atoms with Gasteiger partial charge in [-0.1, -0.05) is 24.9 Å². The molecule has 1 heterocycles. The molecule has 0 saturated carbocycles. The van der Waals surface area contributed by atoms with Crippen LogP contribution < -0.4 is 4.74 Å². The molecule has 6 heteroatoms. The van der Waals surface area contributed by atoms with Gasteiger partial charge >= 0.3 is 0 Å². The molecule has 0 radical (unpaired) electrons. The van der Waals surface area contributed by atoms with Gasteiger partial charge in [-0.2, -0.15) is 0 Å². The number of hydrogen-bond donors (Lipinski definition) is 1. The number of ether oxygens (including phenoxy) is 1. The van der Waals surface area contributed by atoms with Crippen molar-refractivity contribution in [1.29, 1.82) is 0 Å². The van der Waals surface area contributed by atoms with E-state index in [2.05, 4.69) is 39.5 Å². The Morgan fingerprint density at radius 2 is 2.10 bits per heavy atom. The molecule has 0 aliphatic rings. The highest BCUT2D eigenvalue weighted by Crippen LogP contribution is 2.31. The van der Waals surface area contributed by atoms with Crippen molar-refractivity contribution in [3.05, 3.63) is 32.6 Å². The number of aryl methyl sites for hydroxylation is 1. The van der Waals surface area contributed by atoms with Crippen LogP contribution in [0.4, 0.5) is 0 Å². The molecule has 0 saturated heterocycles. The average molecular weight is 405 g/mol. The zero-order valence-electron chi connectivity index (χ0n) is 11.2. The fraction of sp³-hybridized carbons (Fsp3) is 0.286. The lowest BCUT2D eigenvalue weighted by atomic mass is 10.1. The minimum atomic E-state index is 0.0849. The molecular weight excluding hydrogens is 391 g/mol. The summed E-state index contributed by atoms with van der Waals surface area (Å²) in [5.41, 5.74) is 1.70. The van der Waals surface area contributed by atoms with Crippen molar-refractivity contribution in [1.82, 2.24) is 9.97 Å². The van der Waals surface area contributed by atoms with Crippen molar-refractivity contribution in [2.75, 3.05) is 7.11 Å². The molecule has 4 nitrogen and oxygen atoms in total. The maximum absolute atomic E-state index is 9.63. The highest BCUT2D eigenvalue weighted by atomic mass is 127. The number of phenolic OH excluding ortho intramolecular Hbond substituents is 1. The summed E-state index contributed by atoms with van der Waals surface area (Å²) >= 11 is 8.33. The molecule has 2 rings (SSSR count). The Labute approximate surface area is 136 Å². The van der Waals surface area contributed by atoms with Crippen LogP contribution in [-0.4, -0.2) is 22.2 Å². The Kier molecular flexibility index (Phi) is 5.04. The molecule has 2 aromatic rings. The Morgan fingerprint density at radius 3 is 2.75 bits per heavy atom. The monoisotopic (exact) mass is 404 g/mol. The summed E-state index contributed by atoms with van der Waals surface area (Å²) in [4.78, 5) is 8.86. The van der Waals surface area contributed by atoms with Crippen LogP contribution in [0.2, 0.25) is 5.15 Å². The van der Waals surface area contributed by atoms with Crippen molar-refractivity contribution in [2.45, 2.75) is 19.8 Å². The Hall–Kier alpha value is -1.08. The second kappa shape index (κ2) is 6.58. The fourth-order valence-electron chi connectivity index (χ4n) is 1.81. The van der Waals surface area contributed by atoms with E-state index in [0.29, 0.717) is 16.7 Å². The van der Waals surface area contributed by atoms with E-state index in [9.17, 15) is 5.11 Å². The highest BCUT2D eigenvalue weighted by Gasteiger charge is 2.13. The summed E-state index contributed by atoms with van der Waals surface area (Å²) < 4.78 is 5.99. The van der Waals surface area contributed by atoms with Crippen LogP contribution >= 0.6 is 34.2 Å². The van der Waals surface area contributed by atoms with Gasteiger partial charge in [0.15, 0.2) is 17.3 Å². The van der Waals surface area contributed by atoms with E-state index in [0.717, 1.165) is 27.7 Å². The summed E-state index contributed by atoms with van der Waals surface area (Å²) in [5.74, 6) is 1.01. The third-order valence-electron chi connectivity index (χ3n) is 2.80. The first-order valence-electron chi connectivity index (χ1n) is 6.16. The fourth-order valence-corrected chi connectivity index (χ4v) is 2.51. The summed E-state index contributed by atoms with van der Waals surface area (Å²) in [6, 6.07) is 5.00. The van der Waals surface area contributed by atoms with Gasteiger partial charge in [0.2, 0.25) is 0 Å². The van der Waals surface area contributed by atoms with E-state index in [1.807, 2.05) is 0 Å². The van der Waals surface area contributed by atoms with Crippen LogP contribution in [0.3, 0.4) is 0 Å². The van der Waals surface area contributed by atoms with Gasteiger partial charge in [0.05, 0.1) is 16.4 Å². The van der Waals surface area contributed by atoms with E-state index in [1.54, 1.807) is 18.2 Å². The quantitative estimate of drug-likeness (QED) is 0.616. The third kappa shape index (κ3) is 3.15. The summed E-state index contributed by atoms with van der Waals surface area (Å²) in [5, 5.41) is 10.1. The van der Waals surface area contributed by atoms with Crippen molar-refractivity contribution >= 4 is 34.2 Å². The Bertz CT molecular complexity index is 635. The number of aromatic nitrogens is 2. The van der Waals surface area contributed by atoms with Gasteiger partial charge in [-0.25, -0.2) is 9.97 Å². The van der Waals surface area contributed by atoms with E-state index in [4.69, 9.17) is 16.3 Å². The molecule has 0 aliphatic heterocycles. The molecule has 1 N–H and O–H groups in total. The molecule has 0 aliphatic carbocycles. The zero-order valence-corrected chi connectivity index (χ0v) is 14.1. The molecule has 0 fully saturated rings. The zero-order chi connectivity index (χ0) is 14.7. The maximum Gasteiger partial charge on any atom is 0.161 e. The molecule has 0 atom stereocenters. The van der Waals surface area contributed by atoms with E-state index >= 15 is 0 Å². The van der Waals surface area contributed by atoms with Gasteiger partial charge in [-0.15, -0.1) is 0 Å². The summed E-state index contributed by atoms with van der Waals surface area (Å²) in [6.07, 6.45) is 1.84. The lowest BCUT2D eigenvalue weighted by Crippen LogP contribution is -2.00. The molecule has 106 valence electrons. The van der Waals surface area contributed by atoms with Gasteiger partial charge in [0.25, 0.3) is 0 Å². The maximum atomic E-state index is 9.63. The van der Waals surface area contributed by atoms with Crippen LogP contribution in [0, 0.1) is 3.57 Å². The van der Waals surface area contributed by atoms with Crippen LogP contribution in [0.15, 0.2) is 18.2 Å². The van der Waals surface area contributed by atoms with Crippen molar-refractivity contribution in [3.63, 3.8) is 0 Å². The first-order valence-corrected chi connectivity index (χ1v) is 7.61. The predicted molar refractivity (Wildman–Crippen MR) is 87.4 cm³/mol. The first-order chi connectivity index (χ1) is 9.56. The Balaban J connectivity index is 2.52. The third-order valence-corrected chi connectivity index (χ3v) is 4.53. The molecule has 0 spiro atoms. The van der Waals surface area contributed by atoms with Crippen LogP contribution in [-0.2, 0) is 6.42 Å². The number of halogens is 2. The molecule has 1 aromatic heterocycles. The van der Waals surface area contributed by atoms with Crippen LogP contribution in [0.1, 0.15) is 19.0 Å². The van der Waals surface area contributed by atoms with Crippen molar-refractivity contribution in [3.8, 4) is 22.9 Å². The van der Waals surface area contributed by atoms with Gasteiger partial charge in [0.1, 0.15) is 5.15 Å². The molecule has 0 amide bonds. The minimum Gasteiger partial charge on any atom is -0.504 e. The van der Waals surface area contributed by atoms with Gasteiger partial charge in [-0.3, -0.25) is 0 Å². The van der Waals surface area contributed by atoms with Gasteiger partial charge in [0, 0.05) is 5.56 Å². The van der Waals surface area contributed by atoms with E-state index < -0.39 is 0 Å². The predicted octanol–water partition coefficient (Wildman–Crippen LogP) is 4.07. The van der Waals surface area contributed by atoms with Gasteiger partial charge < -0.3 is 9.84 Å². The number of phenols is 1. The second-order valence-electron chi connectivity index (χ2n) is 4.24. The van der Waals surface area contributed by atoms with E-state index in [1.165, 1.54) is 7.11 Å². The standard InChI is InChI=1S/C14H14ClIN2O2/c1-3-4-9-12(16)13(15)18-14(17-9)8-5-6-10(19)11(7-8)20-2/h5-7,19H,3-4H2,1-2H3. The number of aromatic hydroxyl groups is 1. The highest BCUT2D eigenvalue weighted by molar-refractivity contribution is 14.1. The largest absolute Gasteiger partial charge is 0.504 e. The topological polar surface area (TPSA) is 55.2 Å². The first kappa shape index (κ1) is 15.3. The van der Waals surface area contributed by atoms with Gasteiger partial charge in [-0.05, 0) is 47.2 Å². The summed E-state index contributed by atoms with van der Waals surface area (Å²) in [6.45, 7) is 2.09. The Morgan fingerprint density at radius 1 is 1.35 bits per heavy atom. The normalized spacial score (nSPS) is 10.6. The van der Waals surface area contributed by atoms with Crippen LogP contribution in [0.25, 0.3) is 11.4 Å². The second-order valence-corrected chi connectivity index (χ2v) is 5.67. The van der Waals surface area contributed by atoms with Crippen molar-refractivity contribution < 1.29 is 9.84 Å². The SMILES string of the molecule is CCCc1nc(-c2ccc(O)c(OC)c2)nc(Cl)c1I. The van der Waals surface area contributed by atoms with E-state index in [-0.39, 0.29) is 5.75 Å². The lowest BCUT2D eigenvalue weighted by molar-refractivity contribution is 0.373. The summed E-state index contributed by atoms with van der Waals surface area (Å²) in [7, 11) is 1.50. The number of hydrogen-bond acceptors (Lipinski definition) is 4. The smallest absolute Gasteiger partial charge is 0.161 e.